The van der Waals surface area contributed by atoms with Crippen molar-refractivity contribution in [3.8, 4) is 5.75 Å². The molecule has 1 amide bonds. The normalized spacial score (nSPS) is 11.6. The van der Waals surface area contributed by atoms with Crippen molar-refractivity contribution >= 4 is 23.2 Å². The topological polar surface area (TPSA) is 51.2 Å². The molecule has 2 aromatic carbocycles. The maximum Gasteiger partial charge on any atom is 0.265 e. The van der Waals surface area contributed by atoms with Crippen LogP contribution < -0.4 is 10.1 Å². The molecule has 27 heavy (non-hydrogen) atoms. The number of pyridine rings is 1. The second kappa shape index (κ2) is 9.19. The van der Waals surface area contributed by atoms with Crippen molar-refractivity contribution in [3.63, 3.8) is 0 Å². The minimum Gasteiger partial charge on any atom is -0.481 e. The molecule has 3 aromatic rings. The zero-order chi connectivity index (χ0) is 19.1. The van der Waals surface area contributed by atoms with Gasteiger partial charge in [0.1, 0.15) is 5.75 Å². The quantitative estimate of drug-likeness (QED) is 0.618. The number of ether oxygens (including phenoxy) is 1. The highest BCUT2D eigenvalue weighted by atomic mass is 35.5. The van der Waals surface area contributed by atoms with Crippen LogP contribution in [0.2, 0.25) is 5.02 Å². The van der Waals surface area contributed by atoms with Crippen molar-refractivity contribution in [2.24, 2.45) is 0 Å². The van der Waals surface area contributed by atoms with Gasteiger partial charge in [-0.15, -0.1) is 0 Å². The molecule has 1 N–H and O–H groups in total. The first kappa shape index (κ1) is 18.9. The lowest BCUT2D eigenvalue weighted by Crippen LogP contribution is -2.32. The second-order valence-corrected chi connectivity index (χ2v) is 6.63. The number of nitrogens with zero attached hydrogens (tertiary/aromatic N) is 1. The van der Waals surface area contributed by atoms with Crippen molar-refractivity contribution < 1.29 is 9.53 Å². The summed E-state index contributed by atoms with van der Waals surface area (Å²) in [7, 11) is 0. The number of amides is 1. The molecule has 3 rings (SSSR count). The Balaban J connectivity index is 1.60. The SMILES string of the molecule is CC[C@H](Oc1cccc(Cl)c1)C(=O)Nc1ccc(Cc2ccncc2)cc1. The number of benzene rings is 2. The summed E-state index contributed by atoms with van der Waals surface area (Å²) >= 11 is 5.97. The molecule has 138 valence electrons. The fourth-order valence-corrected chi connectivity index (χ4v) is 2.87. The zero-order valence-corrected chi connectivity index (χ0v) is 15.8. The van der Waals surface area contributed by atoms with Crippen LogP contribution in [0.25, 0.3) is 0 Å². The van der Waals surface area contributed by atoms with Gasteiger partial charge in [0.15, 0.2) is 6.10 Å². The molecule has 0 aliphatic carbocycles. The largest absolute Gasteiger partial charge is 0.481 e. The Morgan fingerprint density at radius 1 is 1.07 bits per heavy atom. The first-order valence-electron chi connectivity index (χ1n) is 8.85. The van der Waals surface area contributed by atoms with Crippen LogP contribution in [-0.2, 0) is 11.2 Å². The van der Waals surface area contributed by atoms with Gasteiger partial charge < -0.3 is 10.1 Å². The van der Waals surface area contributed by atoms with E-state index >= 15 is 0 Å². The Bertz CT molecular complexity index is 882. The molecule has 0 aliphatic rings. The van der Waals surface area contributed by atoms with Gasteiger partial charge in [-0.3, -0.25) is 9.78 Å². The molecule has 0 unspecified atom stereocenters. The summed E-state index contributed by atoms with van der Waals surface area (Å²) in [6, 6.07) is 18.9. The van der Waals surface area contributed by atoms with E-state index in [1.807, 2.05) is 43.3 Å². The average molecular weight is 381 g/mol. The fraction of sp³-hybridized carbons (Fsp3) is 0.182. The molecule has 0 radical (unpaired) electrons. The van der Waals surface area contributed by atoms with Crippen LogP contribution in [0.5, 0.6) is 5.75 Å². The Hall–Kier alpha value is -2.85. The molecule has 0 spiro atoms. The predicted octanol–water partition coefficient (Wildman–Crippen LogP) is 5.12. The second-order valence-electron chi connectivity index (χ2n) is 6.19. The van der Waals surface area contributed by atoms with Crippen molar-refractivity contribution in [1.82, 2.24) is 4.98 Å². The van der Waals surface area contributed by atoms with Crippen LogP contribution >= 0.6 is 11.6 Å². The molecule has 1 atom stereocenters. The molecule has 0 fully saturated rings. The Kier molecular flexibility index (Phi) is 6.44. The van der Waals surface area contributed by atoms with Crippen molar-refractivity contribution in [3.05, 3.63) is 89.2 Å². The fourth-order valence-electron chi connectivity index (χ4n) is 2.69. The summed E-state index contributed by atoms with van der Waals surface area (Å²) in [6.07, 6.45) is 4.37. The van der Waals surface area contributed by atoms with E-state index < -0.39 is 6.10 Å². The maximum absolute atomic E-state index is 12.5. The van der Waals surface area contributed by atoms with E-state index in [1.54, 1.807) is 36.7 Å². The van der Waals surface area contributed by atoms with Gasteiger partial charge in [-0.05, 0) is 66.4 Å². The standard InChI is InChI=1S/C22H21ClN2O2/c1-2-21(27-20-5-3-4-18(23)15-20)22(26)25-19-8-6-16(7-9-19)14-17-10-12-24-13-11-17/h3-13,15,21H,2,14H2,1H3,(H,25,26)/t21-/m0/s1. The molecule has 0 saturated carbocycles. The van der Waals surface area contributed by atoms with Crippen LogP contribution in [0.15, 0.2) is 73.1 Å². The first-order chi connectivity index (χ1) is 13.1. The third-order valence-electron chi connectivity index (χ3n) is 4.12. The lowest BCUT2D eigenvalue weighted by Gasteiger charge is -2.17. The number of hydrogen-bond donors (Lipinski definition) is 1. The smallest absolute Gasteiger partial charge is 0.265 e. The van der Waals surface area contributed by atoms with Crippen LogP contribution in [0.1, 0.15) is 24.5 Å². The minimum atomic E-state index is -0.583. The molecular formula is C22H21ClN2O2. The summed E-state index contributed by atoms with van der Waals surface area (Å²) in [4.78, 5) is 16.6. The number of carbonyl (C=O) groups excluding carboxylic acids is 1. The van der Waals surface area contributed by atoms with Crippen LogP contribution in [-0.4, -0.2) is 17.0 Å². The third kappa shape index (κ3) is 5.56. The van der Waals surface area contributed by atoms with E-state index in [0.717, 1.165) is 12.1 Å². The third-order valence-corrected chi connectivity index (χ3v) is 4.35. The van der Waals surface area contributed by atoms with E-state index in [2.05, 4.69) is 10.3 Å². The molecule has 0 aliphatic heterocycles. The van der Waals surface area contributed by atoms with Gasteiger partial charge in [0.2, 0.25) is 0 Å². The van der Waals surface area contributed by atoms with Gasteiger partial charge >= 0.3 is 0 Å². The van der Waals surface area contributed by atoms with E-state index in [9.17, 15) is 4.79 Å². The number of anilines is 1. The predicted molar refractivity (Wildman–Crippen MR) is 108 cm³/mol. The Labute approximate surface area is 164 Å². The lowest BCUT2D eigenvalue weighted by molar-refractivity contribution is -0.122. The van der Waals surface area contributed by atoms with Crippen molar-refractivity contribution in [2.75, 3.05) is 5.32 Å². The van der Waals surface area contributed by atoms with Crippen LogP contribution in [0.3, 0.4) is 0 Å². The van der Waals surface area contributed by atoms with E-state index in [-0.39, 0.29) is 5.91 Å². The summed E-state index contributed by atoms with van der Waals surface area (Å²) in [5.74, 6) is 0.400. The molecule has 0 bridgehead atoms. The molecule has 1 aromatic heterocycles. The molecular weight excluding hydrogens is 360 g/mol. The van der Waals surface area contributed by atoms with Gasteiger partial charge in [-0.25, -0.2) is 0 Å². The molecule has 0 saturated heterocycles. The number of hydrogen-bond acceptors (Lipinski definition) is 3. The highest BCUT2D eigenvalue weighted by Gasteiger charge is 2.18. The van der Waals surface area contributed by atoms with Gasteiger partial charge in [0.25, 0.3) is 5.91 Å². The number of halogens is 1. The summed E-state index contributed by atoms with van der Waals surface area (Å²) < 4.78 is 5.78. The van der Waals surface area contributed by atoms with Gasteiger partial charge in [0, 0.05) is 23.1 Å². The molecule has 5 heteroatoms. The summed E-state index contributed by atoms with van der Waals surface area (Å²) in [5.41, 5.74) is 3.11. The van der Waals surface area contributed by atoms with Crippen LogP contribution in [0.4, 0.5) is 5.69 Å². The number of aromatic nitrogens is 1. The van der Waals surface area contributed by atoms with Gasteiger partial charge in [-0.1, -0.05) is 36.7 Å². The van der Waals surface area contributed by atoms with Gasteiger partial charge in [0.05, 0.1) is 0 Å². The van der Waals surface area contributed by atoms with Crippen LogP contribution in [0, 0.1) is 0 Å². The average Bonchev–Trinajstić information content (AvgIpc) is 2.68. The number of rotatable bonds is 7. The lowest BCUT2D eigenvalue weighted by atomic mass is 10.1. The zero-order valence-electron chi connectivity index (χ0n) is 15.1. The number of nitrogens with one attached hydrogen (secondary N) is 1. The summed E-state index contributed by atoms with van der Waals surface area (Å²) in [6.45, 7) is 1.91. The van der Waals surface area contributed by atoms with E-state index in [0.29, 0.717) is 17.2 Å². The minimum absolute atomic E-state index is 0.181. The summed E-state index contributed by atoms with van der Waals surface area (Å²) in [5, 5.41) is 3.49. The highest BCUT2D eigenvalue weighted by Crippen LogP contribution is 2.20. The molecule has 4 nitrogen and oxygen atoms in total. The Morgan fingerprint density at radius 3 is 2.44 bits per heavy atom. The van der Waals surface area contributed by atoms with E-state index in [1.165, 1.54) is 11.1 Å². The molecule has 1 heterocycles. The van der Waals surface area contributed by atoms with E-state index in [4.69, 9.17) is 16.3 Å². The highest BCUT2D eigenvalue weighted by molar-refractivity contribution is 6.30. The van der Waals surface area contributed by atoms with Crippen molar-refractivity contribution in [2.45, 2.75) is 25.9 Å². The van der Waals surface area contributed by atoms with Crippen molar-refractivity contribution in [1.29, 1.82) is 0 Å². The Morgan fingerprint density at radius 2 is 1.78 bits per heavy atom. The maximum atomic E-state index is 12.5. The first-order valence-corrected chi connectivity index (χ1v) is 9.23. The monoisotopic (exact) mass is 380 g/mol. The van der Waals surface area contributed by atoms with Gasteiger partial charge in [-0.2, -0.15) is 0 Å². The number of carbonyl (C=O) groups is 1.